The van der Waals surface area contributed by atoms with Crippen molar-refractivity contribution in [3.8, 4) is 0 Å². The Morgan fingerprint density at radius 3 is 2.77 bits per heavy atom. The Morgan fingerprint density at radius 2 is 2.04 bits per heavy atom. The van der Waals surface area contributed by atoms with E-state index in [9.17, 15) is 18.4 Å². The number of para-hydroxylation sites is 2. The summed E-state index contributed by atoms with van der Waals surface area (Å²) in [6, 6.07) is 9.58. The van der Waals surface area contributed by atoms with Gasteiger partial charge >= 0.3 is 12.6 Å². The molecule has 1 aromatic carbocycles. The van der Waals surface area contributed by atoms with E-state index in [2.05, 4.69) is 15.6 Å². The number of rotatable bonds is 6. The van der Waals surface area contributed by atoms with Gasteiger partial charge in [0.05, 0.1) is 23.3 Å². The molecule has 0 fully saturated rings. The maximum absolute atomic E-state index is 13.3. The molecule has 3 aromatic rings. The molecule has 2 aromatic heterocycles. The van der Waals surface area contributed by atoms with Gasteiger partial charge in [0.1, 0.15) is 0 Å². The fraction of sp³-hybridized carbons (Fsp3) is 0.188. The molecular formula is C16H14F2N4O2S2. The van der Waals surface area contributed by atoms with Gasteiger partial charge in [-0.3, -0.25) is 14.7 Å². The van der Waals surface area contributed by atoms with Gasteiger partial charge in [0.25, 0.3) is 0 Å². The molecule has 0 radical (unpaired) electrons. The number of imide groups is 1. The second-order valence-electron chi connectivity index (χ2n) is 5.13. The molecule has 0 aliphatic carbocycles. The molecule has 0 saturated heterocycles. The van der Waals surface area contributed by atoms with Gasteiger partial charge in [-0.15, -0.1) is 11.3 Å². The maximum Gasteiger partial charge on any atom is 0.321 e. The van der Waals surface area contributed by atoms with Crippen molar-refractivity contribution >= 4 is 46.1 Å². The summed E-state index contributed by atoms with van der Waals surface area (Å²) in [7, 11) is 0. The van der Waals surface area contributed by atoms with Crippen molar-refractivity contribution in [2.45, 2.75) is 18.3 Å². The Labute approximate surface area is 155 Å². The van der Waals surface area contributed by atoms with Gasteiger partial charge in [-0.05, 0) is 23.6 Å². The Hall–Kier alpha value is -2.46. The van der Waals surface area contributed by atoms with Crippen LogP contribution in [0, 0.1) is 0 Å². The first-order valence-corrected chi connectivity index (χ1v) is 9.39. The van der Waals surface area contributed by atoms with Gasteiger partial charge in [-0.2, -0.15) is 8.78 Å². The number of nitrogens with zero attached hydrogens (tertiary/aromatic N) is 2. The van der Waals surface area contributed by atoms with E-state index in [4.69, 9.17) is 0 Å². The fourth-order valence-corrected chi connectivity index (χ4v) is 3.69. The van der Waals surface area contributed by atoms with Gasteiger partial charge in [-0.25, -0.2) is 9.78 Å². The largest absolute Gasteiger partial charge is 0.333 e. The van der Waals surface area contributed by atoms with E-state index >= 15 is 0 Å². The molecule has 0 aliphatic rings. The van der Waals surface area contributed by atoms with Gasteiger partial charge in [-0.1, -0.05) is 30.0 Å². The molecule has 136 valence electrons. The average molecular weight is 396 g/mol. The number of aromatic nitrogens is 2. The van der Waals surface area contributed by atoms with Crippen LogP contribution >= 0.6 is 23.1 Å². The quantitative estimate of drug-likeness (QED) is 0.624. The summed E-state index contributed by atoms with van der Waals surface area (Å²) in [6.07, 6.45) is 0. The van der Waals surface area contributed by atoms with E-state index in [0.29, 0.717) is 17.6 Å². The lowest BCUT2D eigenvalue weighted by molar-refractivity contribution is -0.117. The van der Waals surface area contributed by atoms with Crippen molar-refractivity contribution in [1.29, 1.82) is 0 Å². The summed E-state index contributed by atoms with van der Waals surface area (Å²) >= 11 is 2.33. The van der Waals surface area contributed by atoms with Crippen molar-refractivity contribution in [2.24, 2.45) is 0 Å². The van der Waals surface area contributed by atoms with Crippen LogP contribution in [0.25, 0.3) is 11.0 Å². The number of thiophene rings is 1. The van der Waals surface area contributed by atoms with Gasteiger partial charge in [0, 0.05) is 4.88 Å². The number of thioether (sulfide) groups is 1. The highest BCUT2D eigenvalue weighted by Gasteiger charge is 2.19. The van der Waals surface area contributed by atoms with E-state index in [-0.39, 0.29) is 10.9 Å². The number of amides is 3. The van der Waals surface area contributed by atoms with Crippen molar-refractivity contribution in [3.05, 3.63) is 46.7 Å². The number of imidazole rings is 1. The molecule has 0 spiro atoms. The molecule has 2 N–H and O–H groups in total. The normalized spacial score (nSPS) is 11.0. The standard InChI is InChI=1S/C16H14F2N4O2S2/c17-14(18)22-12-6-2-1-5-11(12)20-16(22)26-9-13(23)21-15(24)19-8-10-4-3-7-25-10/h1-7,14H,8-9H2,(H2,19,21,23,24). The molecule has 2 heterocycles. The van der Waals surface area contributed by atoms with E-state index in [1.165, 1.54) is 17.4 Å². The summed E-state index contributed by atoms with van der Waals surface area (Å²) in [4.78, 5) is 28.6. The zero-order valence-corrected chi connectivity index (χ0v) is 14.9. The van der Waals surface area contributed by atoms with Crippen LogP contribution in [0.3, 0.4) is 0 Å². The highest BCUT2D eigenvalue weighted by molar-refractivity contribution is 7.99. The molecule has 0 aliphatic heterocycles. The Morgan fingerprint density at radius 1 is 1.23 bits per heavy atom. The van der Waals surface area contributed by atoms with Crippen molar-refractivity contribution in [3.63, 3.8) is 0 Å². The van der Waals surface area contributed by atoms with E-state index in [1.807, 2.05) is 17.5 Å². The minimum absolute atomic E-state index is 0.0235. The van der Waals surface area contributed by atoms with Crippen LogP contribution in [-0.2, 0) is 11.3 Å². The highest BCUT2D eigenvalue weighted by Crippen LogP contribution is 2.28. The third kappa shape index (κ3) is 4.38. The molecule has 10 heteroatoms. The third-order valence-corrected chi connectivity index (χ3v) is 5.18. The smallest absolute Gasteiger partial charge is 0.321 e. The number of benzene rings is 1. The predicted octanol–water partition coefficient (Wildman–Crippen LogP) is 3.61. The summed E-state index contributed by atoms with van der Waals surface area (Å²) < 4.78 is 27.4. The summed E-state index contributed by atoms with van der Waals surface area (Å²) in [5.74, 6) is -0.797. The van der Waals surface area contributed by atoms with Crippen LogP contribution in [0.5, 0.6) is 0 Å². The number of nitrogens with one attached hydrogen (secondary N) is 2. The number of carbonyl (C=O) groups is 2. The lowest BCUT2D eigenvalue weighted by Crippen LogP contribution is -2.39. The predicted molar refractivity (Wildman–Crippen MR) is 96.4 cm³/mol. The monoisotopic (exact) mass is 396 g/mol. The third-order valence-electron chi connectivity index (χ3n) is 3.35. The number of halogens is 2. The molecule has 0 saturated carbocycles. The number of fused-ring (bicyclic) bond motifs is 1. The van der Waals surface area contributed by atoms with Crippen LogP contribution < -0.4 is 10.6 Å². The Kier molecular flexibility index (Phi) is 5.84. The molecule has 0 unspecified atom stereocenters. The number of alkyl halides is 2. The Balaban J connectivity index is 1.56. The number of hydrogen-bond acceptors (Lipinski definition) is 5. The van der Waals surface area contributed by atoms with Crippen LogP contribution in [0.1, 0.15) is 11.4 Å². The maximum atomic E-state index is 13.3. The van der Waals surface area contributed by atoms with Gasteiger partial charge < -0.3 is 5.32 Å². The zero-order valence-electron chi connectivity index (χ0n) is 13.3. The minimum atomic E-state index is -2.78. The lowest BCUT2D eigenvalue weighted by Gasteiger charge is -2.08. The van der Waals surface area contributed by atoms with E-state index < -0.39 is 18.5 Å². The van der Waals surface area contributed by atoms with Gasteiger partial charge in [0.2, 0.25) is 5.91 Å². The SMILES string of the molecule is O=C(CSc1nc2ccccc2n1C(F)F)NC(=O)NCc1cccs1. The van der Waals surface area contributed by atoms with E-state index in [0.717, 1.165) is 21.2 Å². The first-order chi connectivity index (χ1) is 12.5. The molecule has 26 heavy (non-hydrogen) atoms. The summed E-state index contributed by atoms with van der Waals surface area (Å²) in [5, 5.41) is 6.62. The summed E-state index contributed by atoms with van der Waals surface area (Å²) in [5.41, 5.74) is 0.712. The summed E-state index contributed by atoms with van der Waals surface area (Å²) in [6.45, 7) is -2.47. The second-order valence-corrected chi connectivity index (χ2v) is 7.10. The molecule has 3 rings (SSSR count). The lowest BCUT2D eigenvalue weighted by atomic mass is 10.3. The first kappa shape index (κ1) is 18.3. The van der Waals surface area contributed by atoms with Crippen molar-refractivity contribution in [1.82, 2.24) is 20.2 Å². The van der Waals surface area contributed by atoms with Crippen LogP contribution in [0.2, 0.25) is 0 Å². The highest BCUT2D eigenvalue weighted by atomic mass is 32.2. The molecular weight excluding hydrogens is 382 g/mol. The second kappa shape index (κ2) is 8.28. The average Bonchev–Trinajstić information content (AvgIpc) is 3.25. The minimum Gasteiger partial charge on any atom is -0.333 e. The van der Waals surface area contributed by atoms with Gasteiger partial charge in [0.15, 0.2) is 5.16 Å². The van der Waals surface area contributed by atoms with Crippen molar-refractivity contribution < 1.29 is 18.4 Å². The first-order valence-electron chi connectivity index (χ1n) is 7.52. The molecule has 0 atom stereocenters. The topological polar surface area (TPSA) is 76.0 Å². The van der Waals surface area contributed by atoms with Crippen LogP contribution in [0.15, 0.2) is 46.9 Å². The van der Waals surface area contributed by atoms with Crippen LogP contribution in [-0.4, -0.2) is 27.2 Å². The number of urea groups is 1. The van der Waals surface area contributed by atoms with E-state index in [1.54, 1.807) is 18.2 Å². The van der Waals surface area contributed by atoms with Crippen LogP contribution in [0.4, 0.5) is 13.6 Å². The molecule has 0 bridgehead atoms. The Bertz CT molecular complexity index is 912. The van der Waals surface area contributed by atoms with Crippen molar-refractivity contribution in [2.75, 3.05) is 5.75 Å². The molecule has 6 nitrogen and oxygen atoms in total. The molecule has 3 amide bonds. The fourth-order valence-electron chi connectivity index (χ4n) is 2.23. The number of carbonyl (C=O) groups excluding carboxylic acids is 2. The number of hydrogen-bond donors (Lipinski definition) is 2. The zero-order chi connectivity index (χ0) is 18.5.